The molecule has 0 fully saturated rings. The largest absolute Gasteiger partial charge is 0.577 e. The molecule has 110 valence electrons. The first-order valence-electron chi connectivity index (χ1n) is 5.80. The van der Waals surface area contributed by atoms with E-state index in [0.29, 0.717) is 5.01 Å². The molecule has 0 aromatic heterocycles. The Morgan fingerprint density at radius 1 is 1.10 bits per heavy atom. The van der Waals surface area contributed by atoms with Gasteiger partial charge in [-0.3, -0.25) is 5.01 Å². The summed E-state index contributed by atoms with van der Waals surface area (Å²) in [6.45, 7) is 3.37. The molecule has 0 unspecified atom stereocenters. The van der Waals surface area contributed by atoms with E-state index in [9.17, 15) is 9.59 Å². The van der Waals surface area contributed by atoms with Crippen LogP contribution >= 0.6 is 23.2 Å². The molecular formula is C12H13Cl2N2O4-. The van der Waals surface area contributed by atoms with Crippen molar-refractivity contribution in [2.75, 3.05) is 13.2 Å². The van der Waals surface area contributed by atoms with Crippen molar-refractivity contribution in [2.45, 2.75) is 13.8 Å². The summed E-state index contributed by atoms with van der Waals surface area (Å²) in [5.41, 5.74) is 3.90. The number of carbonyl (C=O) groups is 2. The molecule has 1 rings (SSSR count). The molecule has 0 saturated carbocycles. The van der Waals surface area contributed by atoms with E-state index in [-0.39, 0.29) is 28.9 Å². The van der Waals surface area contributed by atoms with Gasteiger partial charge in [-0.2, -0.15) is 0 Å². The minimum atomic E-state index is -0.970. The van der Waals surface area contributed by atoms with Crippen molar-refractivity contribution in [2.24, 2.45) is 0 Å². The minimum Gasteiger partial charge on any atom is -0.577 e. The number of carbonyl (C=O) groups excluding carboxylic acids is 2. The molecule has 0 aliphatic rings. The molecule has 20 heavy (non-hydrogen) atoms. The van der Waals surface area contributed by atoms with Crippen LogP contribution in [0.2, 0.25) is 10.0 Å². The maximum Gasteiger partial charge on any atom is 0.405 e. The number of hydrogen-bond donors (Lipinski definition) is 0. The Labute approximate surface area is 126 Å². The highest BCUT2D eigenvalue weighted by atomic mass is 35.5. The predicted octanol–water partition coefficient (Wildman–Crippen LogP) is 4.53. The van der Waals surface area contributed by atoms with E-state index >= 15 is 0 Å². The Morgan fingerprint density at radius 2 is 1.55 bits per heavy atom. The summed E-state index contributed by atoms with van der Waals surface area (Å²) < 4.78 is 9.46. The lowest BCUT2D eigenvalue weighted by Crippen LogP contribution is -2.33. The van der Waals surface area contributed by atoms with Crippen molar-refractivity contribution in [3.63, 3.8) is 0 Å². The quantitative estimate of drug-likeness (QED) is 0.764. The van der Waals surface area contributed by atoms with E-state index in [1.807, 2.05) is 0 Å². The fourth-order valence-electron chi connectivity index (χ4n) is 1.21. The van der Waals surface area contributed by atoms with Crippen LogP contribution in [0.5, 0.6) is 0 Å². The number of benzene rings is 1. The monoisotopic (exact) mass is 319 g/mol. The lowest BCUT2D eigenvalue weighted by Gasteiger charge is -2.34. The van der Waals surface area contributed by atoms with Crippen LogP contribution in [-0.2, 0) is 9.47 Å². The van der Waals surface area contributed by atoms with Crippen LogP contribution in [0.4, 0.5) is 15.3 Å². The smallest absolute Gasteiger partial charge is 0.405 e. The van der Waals surface area contributed by atoms with Gasteiger partial charge in [0.1, 0.15) is 0 Å². The lowest BCUT2D eigenvalue weighted by molar-refractivity contribution is 0.0932. The summed E-state index contributed by atoms with van der Waals surface area (Å²) >= 11 is 11.9. The van der Waals surface area contributed by atoms with Crippen molar-refractivity contribution in [3.8, 4) is 0 Å². The maximum atomic E-state index is 11.7. The van der Waals surface area contributed by atoms with Gasteiger partial charge in [0.25, 0.3) is 0 Å². The number of halogens is 2. The first kappa shape index (κ1) is 16.4. The van der Waals surface area contributed by atoms with Gasteiger partial charge in [-0.15, -0.1) is 0 Å². The summed E-state index contributed by atoms with van der Waals surface area (Å²) in [4.78, 5) is 23.4. The third-order valence-electron chi connectivity index (χ3n) is 2.02. The molecule has 0 heterocycles. The third-order valence-corrected chi connectivity index (χ3v) is 2.63. The molecule has 1 aromatic carbocycles. The molecule has 0 saturated heterocycles. The first-order chi connectivity index (χ1) is 9.51. The SMILES string of the molecule is CCOC(=O)N([N-]c1c(Cl)cccc1Cl)C(=O)OCC. The number of rotatable bonds is 4. The normalized spacial score (nSPS) is 9.80. The Bertz CT molecular complexity index is 458. The van der Waals surface area contributed by atoms with E-state index in [4.69, 9.17) is 32.7 Å². The van der Waals surface area contributed by atoms with Crippen LogP contribution in [0.1, 0.15) is 13.8 Å². The van der Waals surface area contributed by atoms with Crippen LogP contribution < -0.4 is 0 Å². The minimum absolute atomic E-state index is 0.0805. The summed E-state index contributed by atoms with van der Waals surface area (Å²) in [5.74, 6) is 0. The van der Waals surface area contributed by atoms with Gasteiger partial charge in [0.2, 0.25) is 0 Å². The summed E-state index contributed by atoms with van der Waals surface area (Å²) in [6, 6.07) is 4.67. The van der Waals surface area contributed by atoms with E-state index in [2.05, 4.69) is 5.43 Å². The molecule has 2 amide bonds. The lowest BCUT2D eigenvalue weighted by atomic mass is 10.3. The molecule has 0 N–H and O–H groups in total. The molecule has 0 bridgehead atoms. The summed E-state index contributed by atoms with van der Waals surface area (Å²) in [5, 5.41) is 0.826. The van der Waals surface area contributed by atoms with E-state index in [1.165, 1.54) is 12.1 Å². The van der Waals surface area contributed by atoms with Crippen molar-refractivity contribution in [1.29, 1.82) is 0 Å². The topological polar surface area (TPSA) is 69.9 Å². The van der Waals surface area contributed by atoms with Gasteiger partial charge in [0, 0.05) is 10.0 Å². The van der Waals surface area contributed by atoms with E-state index in [0.717, 1.165) is 0 Å². The maximum absolute atomic E-state index is 11.7. The fraction of sp³-hybridized carbons (Fsp3) is 0.333. The Balaban J connectivity index is 3.00. The second kappa shape index (κ2) is 7.81. The molecule has 0 aliphatic heterocycles. The number of hydrogen-bond acceptors (Lipinski definition) is 4. The molecule has 1 aromatic rings. The average Bonchev–Trinajstić information content (AvgIpc) is 2.38. The van der Waals surface area contributed by atoms with Crippen molar-refractivity contribution >= 4 is 41.1 Å². The average molecular weight is 320 g/mol. The Morgan fingerprint density at radius 3 is 1.95 bits per heavy atom. The highest BCUT2D eigenvalue weighted by Gasteiger charge is 2.17. The zero-order valence-electron chi connectivity index (χ0n) is 10.9. The standard InChI is InChI=1S/C12H13Cl2N2O4/c1-3-19-11(17)16(12(18)20-4-2)15-10-8(13)6-5-7-9(10)14/h5-7H,3-4H2,1-2H3/q-1. The van der Waals surface area contributed by atoms with E-state index < -0.39 is 12.2 Å². The molecule has 8 heteroatoms. The summed E-state index contributed by atoms with van der Waals surface area (Å²) in [7, 11) is 0. The second-order valence-electron chi connectivity index (χ2n) is 3.38. The predicted molar refractivity (Wildman–Crippen MR) is 75.4 cm³/mol. The van der Waals surface area contributed by atoms with Gasteiger partial charge >= 0.3 is 12.2 Å². The van der Waals surface area contributed by atoms with Crippen molar-refractivity contribution < 1.29 is 19.1 Å². The van der Waals surface area contributed by atoms with Crippen LogP contribution in [0, 0.1) is 0 Å². The molecular weight excluding hydrogens is 307 g/mol. The fourth-order valence-corrected chi connectivity index (χ4v) is 1.68. The molecule has 0 spiro atoms. The van der Waals surface area contributed by atoms with E-state index in [1.54, 1.807) is 19.9 Å². The number of ether oxygens (including phenoxy) is 2. The zero-order valence-corrected chi connectivity index (χ0v) is 12.4. The number of amides is 2. The molecule has 0 atom stereocenters. The van der Waals surface area contributed by atoms with Crippen LogP contribution in [0.3, 0.4) is 0 Å². The van der Waals surface area contributed by atoms with Gasteiger partial charge in [-0.1, -0.05) is 35.0 Å². The van der Waals surface area contributed by atoms with Gasteiger partial charge in [-0.05, 0) is 26.0 Å². The van der Waals surface area contributed by atoms with Crippen molar-refractivity contribution in [1.82, 2.24) is 5.01 Å². The van der Waals surface area contributed by atoms with Gasteiger partial charge < -0.3 is 14.9 Å². The second-order valence-corrected chi connectivity index (χ2v) is 4.19. The molecule has 0 radical (unpaired) electrons. The van der Waals surface area contributed by atoms with Gasteiger partial charge in [-0.25, -0.2) is 9.59 Å². The Kier molecular flexibility index (Phi) is 6.41. The Hall–Kier alpha value is -1.66. The third kappa shape index (κ3) is 4.18. The van der Waals surface area contributed by atoms with Gasteiger partial charge in [0.05, 0.1) is 13.2 Å². The van der Waals surface area contributed by atoms with Gasteiger partial charge in [0.15, 0.2) is 0 Å². The van der Waals surface area contributed by atoms with Crippen molar-refractivity contribution in [3.05, 3.63) is 33.7 Å². The van der Waals surface area contributed by atoms with Crippen LogP contribution in [-0.4, -0.2) is 30.4 Å². The van der Waals surface area contributed by atoms with Crippen LogP contribution in [0.25, 0.3) is 5.43 Å². The van der Waals surface area contributed by atoms with Crippen LogP contribution in [0.15, 0.2) is 18.2 Å². The molecule has 6 nitrogen and oxygen atoms in total. The number of imide groups is 1. The highest BCUT2D eigenvalue weighted by molar-refractivity contribution is 6.39. The summed E-state index contributed by atoms with van der Waals surface area (Å²) in [6.07, 6.45) is -1.94. The highest BCUT2D eigenvalue weighted by Crippen LogP contribution is 2.37. The number of nitrogens with zero attached hydrogens (tertiary/aromatic N) is 2. The zero-order chi connectivity index (χ0) is 15.1. The molecule has 0 aliphatic carbocycles. The first-order valence-corrected chi connectivity index (χ1v) is 6.56.